The van der Waals surface area contributed by atoms with Gasteiger partial charge in [0.2, 0.25) is 0 Å². The summed E-state index contributed by atoms with van der Waals surface area (Å²) in [7, 11) is 1.70. The SMILES string of the molecule is CCc1nncn1CCNC(=NC)NCCNC(=O)c1ccccc1Cl.I. The van der Waals surface area contributed by atoms with Gasteiger partial charge < -0.3 is 20.5 Å². The van der Waals surface area contributed by atoms with E-state index in [2.05, 4.69) is 31.1 Å². The average Bonchev–Trinajstić information content (AvgIpc) is 3.11. The molecule has 10 heteroatoms. The van der Waals surface area contributed by atoms with Gasteiger partial charge in [0.15, 0.2) is 5.96 Å². The molecule has 0 bridgehead atoms. The van der Waals surface area contributed by atoms with Crippen LogP contribution in [0.25, 0.3) is 0 Å². The van der Waals surface area contributed by atoms with E-state index in [1.807, 2.05) is 11.5 Å². The molecule has 0 aliphatic rings. The highest BCUT2D eigenvalue weighted by Crippen LogP contribution is 2.14. The fraction of sp³-hybridized carbons (Fsp3) is 0.412. The van der Waals surface area contributed by atoms with E-state index in [0.717, 1.165) is 18.8 Å². The van der Waals surface area contributed by atoms with Gasteiger partial charge in [-0.25, -0.2) is 0 Å². The molecule has 0 saturated carbocycles. The molecule has 1 aromatic heterocycles. The number of guanidine groups is 1. The maximum absolute atomic E-state index is 12.1. The third-order valence-corrected chi connectivity index (χ3v) is 4.03. The van der Waals surface area contributed by atoms with E-state index in [-0.39, 0.29) is 29.9 Å². The zero-order valence-corrected chi connectivity index (χ0v) is 18.5. The third-order valence-electron chi connectivity index (χ3n) is 3.70. The van der Waals surface area contributed by atoms with Crippen LogP contribution in [0.4, 0.5) is 0 Å². The number of aliphatic imine (C=N–C) groups is 1. The fourth-order valence-electron chi connectivity index (χ4n) is 2.35. The van der Waals surface area contributed by atoms with Crippen LogP contribution in [0, 0.1) is 0 Å². The van der Waals surface area contributed by atoms with E-state index in [0.29, 0.717) is 36.2 Å². The van der Waals surface area contributed by atoms with Gasteiger partial charge in [-0.15, -0.1) is 34.2 Å². The van der Waals surface area contributed by atoms with Crippen molar-refractivity contribution in [2.45, 2.75) is 19.9 Å². The number of carbonyl (C=O) groups is 1. The first-order valence-electron chi connectivity index (χ1n) is 8.49. The summed E-state index contributed by atoms with van der Waals surface area (Å²) in [6.45, 7) is 4.49. The summed E-state index contributed by atoms with van der Waals surface area (Å²) in [5.74, 6) is 1.43. The van der Waals surface area contributed by atoms with Crippen LogP contribution in [0.5, 0.6) is 0 Å². The smallest absolute Gasteiger partial charge is 0.252 e. The van der Waals surface area contributed by atoms with Crippen LogP contribution in [0.1, 0.15) is 23.1 Å². The first-order chi connectivity index (χ1) is 12.7. The van der Waals surface area contributed by atoms with Crippen molar-refractivity contribution in [2.24, 2.45) is 4.99 Å². The Bertz CT molecular complexity index is 750. The van der Waals surface area contributed by atoms with Crippen molar-refractivity contribution in [1.82, 2.24) is 30.7 Å². The zero-order chi connectivity index (χ0) is 18.8. The summed E-state index contributed by atoms with van der Waals surface area (Å²) in [6, 6.07) is 6.96. The van der Waals surface area contributed by atoms with Crippen molar-refractivity contribution in [3.05, 3.63) is 47.0 Å². The largest absolute Gasteiger partial charge is 0.355 e. The summed E-state index contributed by atoms with van der Waals surface area (Å²) >= 11 is 6.01. The summed E-state index contributed by atoms with van der Waals surface area (Å²) in [5, 5.41) is 17.6. The van der Waals surface area contributed by atoms with Crippen LogP contribution in [0.3, 0.4) is 0 Å². The molecule has 0 radical (unpaired) electrons. The molecule has 0 unspecified atom stereocenters. The molecule has 1 amide bonds. The highest BCUT2D eigenvalue weighted by Gasteiger charge is 2.08. The van der Waals surface area contributed by atoms with E-state index in [9.17, 15) is 4.79 Å². The second-order valence-electron chi connectivity index (χ2n) is 5.46. The van der Waals surface area contributed by atoms with Crippen LogP contribution < -0.4 is 16.0 Å². The van der Waals surface area contributed by atoms with E-state index in [1.165, 1.54) is 0 Å². The standard InChI is InChI=1S/C17H24ClN7O.HI/c1-3-15-24-23-12-25(15)11-10-22-17(19-2)21-9-8-20-16(26)13-6-4-5-7-14(13)18;/h4-7,12H,3,8-11H2,1-2H3,(H,20,26)(H2,19,21,22);1H. The molecule has 27 heavy (non-hydrogen) atoms. The van der Waals surface area contributed by atoms with E-state index in [1.54, 1.807) is 37.6 Å². The number of nitrogens with one attached hydrogen (secondary N) is 3. The number of hydrogen-bond acceptors (Lipinski definition) is 4. The van der Waals surface area contributed by atoms with Gasteiger partial charge in [0, 0.05) is 39.6 Å². The fourth-order valence-corrected chi connectivity index (χ4v) is 2.57. The molecular formula is C17H25ClIN7O. The average molecular weight is 506 g/mol. The van der Waals surface area contributed by atoms with Gasteiger partial charge in [-0.05, 0) is 12.1 Å². The second-order valence-corrected chi connectivity index (χ2v) is 5.86. The minimum absolute atomic E-state index is 0. The van der Waals surface area contributed by atoms with Gasteiger partial charge in [0.25, 0.3) is 5.91 Å². The zero-order valence-electron chi connectivity index (χ0n) is 15.4. The number of aromatic nitrogens is 3. The van der Waals surface area contributed by atoms with Gasteiger partial charge in [-0.3, -0.25) is 9.79 Å². The maximum Gasteiger partial charge on any atom is 0.252 e. The second kappa shape index (κ2) is 12.5. The highest BCUT2D eigenvalue weighted by molar-refractivity contribution is 14.0. The topological polar surface area (TPSA) is 96.2 Å². The Morgan fingerprint density at radius 1 is 1.19 bits per heavy atom. The minimum atomic E-state index is -0.194. The van der Waals surface area contributed by atoms with E-state index >= 15 is 0 Å². The third kappa shape index (κ3) is 7.33. The van der Waals surface area contributed by atoms with Crippen molar-refractivity contribution < 1.29 is 4.79 Å². The normalized spacial score (nSPS) is 10.9. The molecule has 0 aliphatic heterocycles. The van der Waals surface area contributed by atoms with Crippen molar-refractivity contribution in [2.75, 3.05) is 26.7 Å². The number of amides is 1. The first-order valence-corrected chi connectivity index (χ1v) is 8.87. The Morgan fingerprint density at radius 3 is 2.59 bits per heavy atom. The Hall–Kier alpha value is -1.88. The number of nitrogens with zero attached hydrogens (tertiary/aromatic N) is 4. The van der Waals surface area contributed by atoms with Crippen molar-refractivity contribution in [3.8, 4) is 0 Å². The predicted molar refractivity (Wildman–Crippen MR) is 118 cm³/mol. The lowest BCUT2D eigenvalue weighted by atomic mass is 10.2. The van der Waals surface area contributed by atoms with Crippen LogP contribution in [0.2, 0.25) is 5.02 Å². The van der Waals surface area contributed by atoms with Crippen LogP contribution in [-0.2, 0) is 13.0 Å². The lowest BCUT2D eigenvalue weighted by Crippen LogP contribution is -2.42. The number of hydrogen-bond donors (Lipinski definition) is 3. The molecule has 0 fully saturated rings. The lowest BCUT2D eigenvalue weighted by Gasteiger charge is -2.13. The summed E-state index contributed by atoms with van der Waals surface area (Å²) < 4.78 is 2.00. The van der Waals surface area contributed by atoms with E-state index in [4.69, 9.17) is 11.6 Å². The molecule has 8 nitrogen and oxygen atoms in total. The number of halogens is 2. The lowest BCUT2D eigenvalue weighted by molar-refractivity contribution is 0.0954. The monoisotopic (exact) mass is 505 g/mol. The first kappa shape index (κ1) is 23.2. The Labute approximate surface area is 181 Å². The summed E-state index contributed by atoms with van der Waals surface area (Å²) in [4.78, 5) is 16.2. The Morgan fingerprint density at radius 2 is 1.89 bits per heavy atom. The molecule has 1 aromatic carbocycles. The maximum atomic E-state index is 12.1. The number of rotatable bonds is 8. The molecule has 3 N–H and O–H groups in total. The minimum Gasteiger partial charge on any atom is -0.355 e. The molecule has 2 aromatic rings. The molecule has 0 spiro atoms. The number of aryl methyl sites for hydroxylation is 1. The molecular weight excluding hydrogens is 481 g/mol. The van der Waals surface area contributed by atoms with Gasteiger partial charge in [0.1, 0.15) is 12.2 Å². The molecule has 0 atom stereocenters. The Balaban J connectivity index is 0.00000364. The van der Waals surface area contributed by atoms with Gasteiger partial charge in [-0.2, -0.15) is 0 Å². The van der Waals surface area contributed by atoms with Crippen molar-refractivity contribution >= 4 is 47.4 Å². The van der Waals surface area contributed by atoms with Crippen molar-refractivity contribution in [1.29, 1.82) is 0 Å². The predicted octanol–water partition coefficient (Wildman–Crippen LogP) is 1.71. The molecule has 148 valence electrons. The van der Waals surface area contributed by atoms with E-state index < -0.39 is 0 Å². The molecule has 0 aliphatic carbocycles. The van der Waals surface area contributed by atoms with Crippen LogP contribution in [-0.4, -0.2) is 53.3 Å². The Kier molecular flexibility index (Phi) is 10.7. The summed E-state index contributed by atoms with van der Waals surface area (Å²) in [6.07, 6.45) is 2.57. The number of benzene rings is 1. The molecule has 2 rings (SSSR count). The molecule has 1 heterocycles. The molecule has 0 saturated heterocycles. The highest BCUT2D eigenvalue weighted by atomic mass is 127. The quantitative estimate of drug-likeness (QED) is 0.220. The summed E-state index contributed by atoms with van der Waals surface area (Å²) in [5.41, 5.74) is 0.470. The van der Waals surface area contributed by atoms with Gasteiger partial charge in [-0.1, -0.05) is 30.7 Å². The van der Waals surface area contributed by atoms with Crippen molar-refractivity contribution in [3.63, 3.8) is 0 Å². The van der Waals surface area contributed by atoms with Crippen LogP contribution >= 0.6 is 35.6 Å². The van der Waals surface area contributed by atoms with Gasteiger partial charge in [0.05, 0.1) is 10.6 Å². The number of carbonyl (C=O) groups excluding carboxylic acids is 1. The van der Waals surface area contributed by atoms with Gasteiger partial charge >= 0.3 is 0 Å². The van der Waals surface area contributed by atoms with Crippen LogP contribution in [0.15, 0.2) is 35.6 Å².